The summed E-state index contributed by atoms with van der Waals surface area (Å²) in [5, 5.41) is 20.8. The molecular weight excluding hydrogens is 370 g/mol. The van der Waals surface area contributed by atoms with Gasteiger partial charge < -0.3 is 10.4 Å². The first-order valence-electron chi connectivity index (χ1n) is 8.80. The van der Waals surface area contributed by atoms with Crippen molar-refractivity contribution in [3.63, 3.8) is 0 Å². The quantitative estimate of drug-likeness (QED) is 0.521. The summed E-state index contributed by atoms with van der Waals surface area (Å²) in [5.74, 6) is -1.35. The lowest BCUT2D eigenvalue weighted by Crippen LogP contribution is -2.20. The highest BCUT2D eigenvalue weighted by molar-refractivity contribution is 6.29. The fraction of sp³-hybridized carbons (Fsp3) is 0.0455. The van der Waals surface area contributed by atoms with Gasteiger partial charge in [-0.05, 0) is 18.2 Å². The number of phenolic OH excluding ortho intramolecular Hbond substituents is 1. The van der Waals surface area contributed by atoms with Crippen LogP contribution in [0.5, 0.6) is 5.75 Å². The van der Waals surface area contributed by atoms with Gasteiger partial charge in [0.15, 0.2) is 17.3 Å². The first-order valence-corrected chi connectivity index (χ1v) is 8.80. The summed E-state index contributed by atoms with van der Waals surface area (Å²) >= 11 is 0. The molecule has 142 valence electrons. The highest BCUT2D eigenvalue weighted by Gasteiger charge is 2.31. The van der Waals surface area contributed by atoms with Crippen molar-refractivity contribution in [2.45, 2.75) is 0 Å². The van der Waals surface area contributed by atoms with Crippen LogP contribution in [-0.4, -0.2) is 29.6 Å². The maximum absolute atomic E-state index is 13.0. The number of amides is 1. The van der Waals surface area contributed by atoms with Crippen molar-refractivity contribution in [1.82, 2.24) is 5.32 Å². The monoisotopic (exact) mass is 385 g/mol. The molecule has 0 saturated heterocycles. The van der Waals surface area contributed by atoms with Gasteiger partial charge in [-0.1, -0.05) is 42.5 Å². The summed E-state index contributed by atoms with van der Waals surface area (Å²) in [4.78, 5) is 37.6. The molecule has 0 fully saturated rings. The summed E-state index contributed by atoms with van der Waals surface area (Å²) < 4.78 is 0. The third-order valence-electron chi connectivity index (χ3n) is 4.68. The molecule has 1 aliphatic rings. The van der Waals surface area contributed by atoms with Gasteiger partial charge in [0.25, 0.3) is 5.91 Å². The van der Waals surface area contributed by atoms with Crippen molar-refractivity contribution in [3.05, 3.63) is 88.5 Å². The maximum atomic E-state index is 13.0. The minimum Gasteiger partial charge on any atom is -0.505 e. The number of nitrogens with one attached hydrogen (secondary N) is 1. The summed E-state index contributed by atoms with van der Waals surface area (Å²) in [5.41, 5.74) is 1.43. The Labute approximate surface area is 165 Å². The Bertz CT molecular complexity index is 1210. The second-order valence-corrected chi connectivity index (χ2v) is 6.36. The van der Waals surface area contributed by atoms with Crippen molar-refractivity contribution in [2.24, 2.45) is 10.2 Å². The van der Waals surface area contributed by atoms with E-state index >= 15 is 0 Å². The molecule has 0 aromatic heterocycles. The molecule has 0 atom stereocenters. The third-order valence-corrected chi connectivity index (χ3v) is 4.68. The Morgan fingerprint density at radius 3 is 2.10 bits per heavy atom. The van der Waals surface area contributed by atoms with E-state index in [2.05, 4.69) is 15.5 Å². The van der Waals surface area contributed by atoms with Crippen LogP contribution in [0.15, 0.2) is 70.9 Å². The van der Waals surface area contributed by atoms with Gasteiger partial charge in [0.05, 0.1) is 16.8 Å². The number of hydrogen-bond acceptors (Lipinski definition) is 6. The van der Waals surface area contributed by atoms with Crippen LogP contribution < -0.4 is 5.32 Å². The Kier molecular flexibility index (Phi) is 4.48. The molecule has 0 radical (unpaired) electrons. The number of rotatable bonds is 3. The van der Waals surface area contributed by atoms with Gasteiger partial charge in [0, 0.05) is 23.7 Å². The van der Waals surface area contributed by atoms with E-state index in [1.165, 1.54) is 19.2 Å². The number of nitrogens with zero attached hydrogens (tertiary/aromatic N) is 2. The molecule has 7 heteroatoms. The molecule has 1 amide bonds. The third kappa shape index (κ3) is 2.98. The van der Waals surface area contributed by atoms with Crippen molar-refractivity contribution in [3.8, 4) is 5.75 Å². The molecule has 2 N–H and O–H groups in total. The Hall–Kier alpha value is -4.13. The molecule has 7 nitrogen and oxygen atoms in total. The van der Waals surface area contributed by atoms with E-state index in [1.54, 1.807) is 48.5 Å². The minimum atomic E-state index is -0.464. The highest BCUT2D eigenvalue weighted by Crippen LogP contribution is 2.36. The van der Waals surface area contributed by atoms with Gasteiger partial charge in [0.1, 0.15) is 5.69 Å². The molecule has 0 spiro atoms. The first-order chi connectivity index (χ1) is 14.0. The number of carbonyl (C=O) groups is 3. The molecular formula is C22H15N3O4. The summed E-state index contributed by atoms with van der Waals surface area (Å²) in [6.07, 6.45) is 0. The summed E-state index contributed by atoms with van der Waals surface area (Å²) in [6, 6.07) is 15.9. The fourth-order valence-electron chi connectivity index (χ4n) is 3.25. The zero-order valence-electron chi connectivity index (χ0n) is 15.3. The van der Waals surface area contributed by atoms with E-state index in [4.69, 9.17) is 0 Å². The molecule has 29 heavy (non-hydrogen) atoms. The second-order valence-electron chi connectivity index (χ2n) is 6.36. The zero-order chi connectivity index (χ0) is 20.5. The van der Waals surface area contributed by atoms with Crippen molar-refractivity contribution >= 4 is 28.8 Å². The number of phenols is 1. The molecule has 0 aliphatic heterocycles. The van der Waals surface area contributed by atoms with Gasteiger partial charge >= 0.3 is 0 Å². The van der Waals surface area contributed by atoms with Crippen LogP contribution in [0.4, 0.5) is 11.4 Å². The SMILES string of the molecule is CNC(=O)c1cccc(N=Nc2cccc3c2C(=O)c2ccccc2C3=O)c1O. The molecule has 0 bridgehead atoms. The molecule has 3 aromatic carbocycles. The van der Waals surface area contributed by atoms with Gasteiger partial charge in [0.2, 0.25) is 0 Å². The maximum Gasteiger partial charge on any atom is 0.254 e. The number of ketones is 2. The number of para-hydroxylation sites is 1. The van der Waals surface area contributed by atoms with E-state index in [-0.39, 0.29) is 45.4 Å². The molecule has 3 aromatic rings. The number of hydrogen-bond donors (Lipinski definition) is 2. The van der Waals surface area contributed by atoms with Crippen molar-refractivity contribution in [2.75, 3.05) is 7.05 Å². The number of aromatic hydroxyl groups is 1. The first kappa shape index (κ1) is 18.2. The smallest absolute Gasteiger partial charge is 0.254 e. The van der Waals surface area contributed by atoms with Crippen LogP contribution in [0.2, 0.25) is 0 Å². The lowest BCUT2D eigenvalue weighted by Gasteiger charge is -2.18. The number of carbonyl (C=O) groups excluding carboxylic acids is 3. The topological polar surface area (TPSA) is 108 Å². The van der Waals surface area contributed by atoms with Gasteiger partial charge in [-0.3, -0.25) is 14.4 Å². The van der Waals surface area contributed by atoms with Crippen LogP contribution >= 0.6 is 0 Å². The standard InChI is InChI=1S/C22H15N3O4/c1-23-22(29)15-9-5-11-17(20(15)27)25-24-16-10-4-8-14-18(16)21(28)13-7-3-2-6-12(13)19(14)26/h2-11,27H,1H3,(H,23,29). The van der Waals surface area contributed by atoms with E-state index in [9.17, 15) is 19.5 Å². The number of fused-ring (bicyclic) bond motifs is 2. The van der Waals surface area contributed by atoms with Crippen LogP contribution in [0, 0.1) is 0 Å². The lowest BCUT2D eigenvalue weighted by atomic mass is 9.83. The van der Waals surface area contributed by atoms with Crippen LogP contribution in [0.3, 0.4) is 0 Å². The van der Waals surface area contributed by atoms with E-state index in [0.717, 1.165) is 0 Å². The van der Waals surface area contributed by atoms with Gasteiger partial charge in [-0.15, -0.1) is 10.2 Å². The van der Waals surface area contributed by atoms with E-state index < -0.39 is 5.91 Å². The zero-order valence-corrected chi connectivity index (χ0v) is 15.3. The minimum absolute atomic E-state index is 0.0548. The van der Waals surface area contributed by atoms with Crippen molar-refractivity contribution in [1.29, 1.82) is 0 Å². The fourth-order valence-corrected chi connectivity index (χ4v) is 3.25. The van der Waals surface area contributed by atoms with Crippen LogP contribution in [-0.2, 0) is 0 Å². The number of azo groups is 1. The van der Waals surface area contributed by atoms with Crippen LogP contribution in [0.1, 0.15) is 42.2 Å². The second kappa shape index (κ2) is 7.12. The largest absolute Gasteiger partial charge is 0.505 e. The van der Waals surface area contributed by atoms with Crippen molar-refractivity contribution < 1.29 is 19.5 Å². The molecule has 4 rings (SSSR count). The molecule has 1 aliphatic carbocycles. The van der Waals surface area contributed by atoms with E-state index in [0.29, 0.717) is 11.1 Å². The summed E-state index contributed by atoms with van der Waals surface area (Å²) in [7, 11) is 1.45. The van der Waals surface area contributed by atoms with Crippen LogP contribution in [0.25, 0.3) is 0 Å². The Morgan fingerprint density at radius 1 is 0.793 bits per heavy atom. The predicted octanol–water partition coefficient (Wildman–Crippen LogP) is 3.94. The van der Waals surface area contributed by atoms with Gasteiger partial charge in [-0.2, -0.15) is 0 Å². The average Bonchev–Trinajstić information content (AvgIpc) is 2.76. The molecule has 0 heterocycles. The molecule has 0 saturated carbocycles. The summed E-state index contributed by atoms with van der Waals surface area (Å²) in [6.45, 7) is 0. The highest BCUT2D eigenvalue weighted by atomic mass is 16.3. The Balaban J connectivity index is 1.79. The predicted molar refractivity (Wildman–Crippen MR) is 105 cm³/mol. The number of benzene rings is 3. The normalized spacial score (nSPS) is 12.6. The van der Waals surface area contributed by atoms with E-state index in [1.807, 2.05) is 0 Å². The van der Waals surface area contributed by atoms with Gasteiger partial charge in [-0.25, -0.2) is 0 Å². The lowest BCUT2D eigenvalue weighted by molar-refractivity contribution is 0.0959. The average molecular weight is 385 g/mol. The molecule has 0 unspecified atom stereocenters. The Morgan fingerprint density at radius 2 is 1.38 bits per heavy atom.